The number of carbonyl (C=O) groups excluding carboxylic acids is 1. The van der Waals surface area contributed by atoms with Crippen LogP contribution in [0.15, 0.2) is 18.2 Å². The van der Waals surface area contributed by atoms with Gasteiger partial charge >= 0.3 is 6.18 Å². The molecule has 0 saturated carbocycles. The van der Waals surface area contributed by atoms with Crippen LogP contribution in [0.5, 0.6) is 0 Å². The maximum atomic E-state index is 13.4. The summed E-state index contributed by atoms with van der Waals surface area (Å²) in [4.78, 5) is 16.0. The highest BCUT2D eigenvalue weighted by Crippen LogP contribution is 2.42. The third kappa shape index (κ3) is 3.41. The molecule has 132 valence electrons. The van der Waals surface area contributed by atoms with Crippen molar-refractivity contribution in [1.82, 2.24) is 9.80 Å². The molecule has 24 heavy (non-hydrogen) atoms. The van der Waals surface area contributed by atoms with Gasteiger partial charge in [0.25, 0.3) is 0 Å². The molecule has 0 N–H and O–H groups in total. The van der Waals surface area contributed by atoms with Crippen LogP contribution in [-0.4, -0.2) is 42.4 Å². The third-order valence-corrected chi connectivity index (χ3v) is 5.19. The summed E-state index contributed by atoms with van der Waals surface area (Å²) in [7, 11) is 2.02. The Kier molecular flexibility index (Phi) is 4.32. The zero-order valence-electron chi connectivity index (χ0n) is 13.5. The van der Waals surface area contributed by atoms with Gasteiger partial charge in [0.1, 0.15) is 5.82 Å². The Balaban J connectivity index is 1.80. The van der Waals surface area contributed by atoms with Crippen LogP contribution >= 0.6 is 0 Å². The van der Waals surface area contributed by atoms with Crippen LogP contribution in [0.4, 0.5) is 17.6 Å². The summed E-state index contributed by atoms with van der Waals surface area (Å²) in [6, 6.07) is 2.43. The quantitative estimate of drug-likeness (QED) is 0.769. The molecule has 0 radical (unpaired) electrons. The van der Waals surface area contributed by atoms with Crippen LogP contribution in [0.2, 0.25) is 0 Å². The largest absolute Gasteiger partial charge is 0.416 e. The number of hydrogen-bond acceptors (Lipinski definition) is 2. The molecule has 2 aliphatic heterocycles. The smallest absolute Gasteiger partial charge is 0.338 e. The lowest BCUT2D eigenvalue weighted by atomic mass is 9.78. The molecule has 1 aromatic rings. The van der Waals surface area contributed by atoms with Crippen LogP contribution in [-0.2, 0) is 17.5 Å². The van der Waals surface area contributed by atoms with Crippen LogP contribution in [0, 0.1) is 11.2 Å². The van der Waals surface area contributed by atoms with E-state index < -0.39 is 17.6 Å². The molecule has 0 aromatic heterocycles. The first kappa shape index (κ1) is 17.2. The summed E-state index contributed by atoms with van der Waals surface area (Å²) >= 11 is 0. The van der Waals surface area contributed by atoms with Gasteiger partial charge in [-0.1, -0.05) is 0 Å². The van der Waals surface area contributed by atoms with E-state index in [0.29, 0.717) is 13.0 Å². The van der Waals surface area contributed by atoms with Crippen molar-refractivity contribution >= 4 is 5.91 Å². The lowest BCUT2D eigenvalue weighted by molar-refractivity contribution is -0.139. The Bertz CT molecular complexity index is 636. The average Bonchev–Trinajstić information content (AvgIpc) is 2.77. The van der Waals surface area contributed by atoms with E-state index in [9.17, 15) is 22.4 Å². The zero-order valence-corrected chi connectivity index (χ0v) is 13.5. The van der Waals surface area contributed by atoms with Gasteiger partial charge in [-0.3, -0.25) is 4.79 Å². The Hall–Kier alpha value is -1.63. The number of alkyl halides is 3. The molecule has 7 heteroatoms. The maximum absolute atomic E-state index is 13.4. The molecule has 0 atom stereocenters. The van der Waals surface area contributed by atoms with Crippen molar-refractivity contribution in [3.05, 3.63) is 35.1 Å². The lowest BCUT2D eigenvalue weighted by Crippen LogP contribution is -2.39. The number of piperidine rings is 1. The molecule has 1 amide bonds. The van der Waals surface area contributed by atoms with Gasteiger partial charge in [-0.15, -0.1) is 0 Å². The van der Waals surface area contributed by atoms with Gasteiger partial charge in [-0.2, -0.15) is 13.2 Å². The highest BCUT2D eigenvalue weighted by Gasteiger charge is 2.45. The molecule has 0 aliphatic carbocycles. The summed E-state index contributed by atoms with van der Waals surface area (Å²) in [5, 5.41) is 0. The number of hydrogen-bond donors (Lipinski definition) is 0. The summed E-state index contributed by atoms with van der Waals surface area (Å²) < 4.78 is 52.8. The Morgan fingerprint density at radius 2 is 1.88 bits per heavy atom. The predicted octanol–water partition coefficient (Wildman–Crippen LogP) is 3.29. The summed E-state index contributed by atoms with van der Waals surface area (Å²) in [5.74, 6) is -0.865. The molecule has 2 heterocycles. The number of carbonyl (C=O) groups is 1. The monoisotopic (exact) mass is 344 g/mol. The first-order valence-electron chi connectivity index (χ1n) is 8.01. The first-order valence-corrected chi connectivity index (χ1v) is 8.01. The minimum Gasteiger partial charge on any atom is -0.338 e. The van der Waals surface area contributed by atoms with E-state index in [1.165, 1.54) is 4.90 Å². The van der Waals surface area contributed by atoms with Crippen molar-refractivity contribution in [2.75, 3.05) is 26.7 Å². The van der Waals surface area contributed by atoms with Gasteiger partial charge in [-0.05, 0) is 62.2 Å². The number of nitrogens with zero attached hydrogens (tertiary/aromatic N) is 2. The van der Waals surface area contributed by atoms with Gasteiger partial charge in [0.2, 0.25) is 5.91 Å². The molecule has 3 nitrogen and oxygen atoms in total. The normalized spacial score (nSPS) is 21.7. The molecule has 2 aliphatic rings. The van der Waals surface area contributed by atoms with Gasteiger partial charge in [0, 0.05) is 19.5 Å². The molecule has 2 saturated heterocycles. The van der Waals surface area contributed by atoms with Crippen LogP contribution in [0.1, 0.15) is 30.4 Å². The third-order valence-electron chi connectivity index (χ3n) is 5.19. The van der Waals surface area contributed by atoms with Crippen LogP contribution in [0.25, 0.3) is 0 Å². The second-order valence-corrected chi connectivity index (χ2v) is 7.03. The Morgan fingerprint density at radius 3 is 2.50 bits per heavy atom. The van der Waals surface area contributed by atoms with E-state index in [1.807, 2.05) is 7.05 Å². The Labute approximate surface area is 138 Å². The maximum Gasteiger partial charge on any atom is 0.416 e. The number of halogens is 4. The Morgan fingerprint density at radius 1 is 1.21 bits per heavy atom. The second-order valence-electron chi connectivity index (χ2n) is 7.03. The van der Waals surface area contributed by atoms with Crippen LogP contribution < -0.4 is 0 Å². The number of benzene rings is 1. The molecular formula is C17H20F4N2O. The van der Waals surface area contributed by atoms with E-state index in [0.717, 1.165) is 44.1 Å². The predicted molar refractivity (Wildman–Crippen MR) is 80.6 cm³/mol. The fourth-order valence-corrected chi connectivity index (χ4v) is 3.73. The van der Waals surface area contributed by atoms with E-state index in [2.05, 4.69) is 4.90 Å². The fraction of sp³-hybridized carbons (Fsp3) is 0.588. The van der Waals surface area contributed by atoms with Crippen molar-refractivity contribution in [2.24, 2.45) is 5.41 Å². The van der Waals surface area contributed by atoms with Crippen LogP contribution in [0.3, 0.4) is 0 Å². The summed E-state index contributed by atoms with van der Waals surface area (Å²) in [5.41, 5.74) is -1.20. The molecule has 3 rings (SSSR count). The lowest BCUT2D eigenvalue weighted by Gasteiger charge is -2.37. The molecule has 1 aromatic carbocycles. The van der Waals surface area contributed by atoms with Crippen molar-refractivity contribution in [2.45, 2.75) is 32.0 Å². The van der Waals surface area contributed by atoms with Gasteiger partial charge in [0.15, 0.2) is 0 Å². The fourth-order valence-electron chi connectivity index (χ4n) is 3.73. The summed E-state index contributed by atoms with van der Waals surface area (Å²) in [6.07, 6.45) is -2.46. The molecule has 2 fully saturated rings. The topological polar surface area (TPSA) is 23.6 Å². The van der Waals surface area contributed by atoms with Crippen molar-refractivity contribution in [3.63, 3.8) is 0 Å². The zero-order chi connectivity index (χ0) is 17.5. The average molecular weight is 344 g/mol. The number of rotatable bonds is 2. The van der Waals surface area contributed by atoms with Gasteiger partial charge in [0.05, 0.1) is 5.56 Å². The van der Waals surface area contributed by atoms with E-state index in [1.54, 1.807) is 0 Å². The highest BCUT2D eigenvalue weighted by atomic mass is 19.4. The standard InChI is InChI=1S/C17H20F4N2O/c1-22-6-4-16(5-7-22)9-15(24)23(11-16)10-12-8-13(18)2-3-14(12)17(19,20)21/h2-3,8H,4-7,9-11H2,1H3. The first-order chi connectivity index (χ1) is 11.2. The van der Waals surface area contributed by atoms with E-state index in [-0.39, 0.29) is 23.4 Å². The molecule has 0 bridgehead atoms. The molecule has 1 spiro atoms. The second kappa shape index (κ2) is 6.02. The van der Waals surface area contributed by atoms with Crippen molar-refractivity contribution < 1.29 is 22.4 Å². The van der Waals surface area contributed by atoms with Gasteiger partial charge in [-0.25, -0.2) is 4.39 Å². The summed E-state index contributed by atoms with van der Waals surface area (Å²) in [6.45, 7) is 2.03. The van der Waals surface area contributed by atoms with Crippen molar-refractivity contribution in [3.8, 4) is 0 Å². The van der Waals surface area contributed by atoms with E-state index >= 15 is 0 Å². The molecular weight excluding hydrogens is 324 g/mol. The van der Waals surface area contributed by atoms with Gasteiger partial charge < -0.3 is 9.80 Å². The SMILES string of the molecule is CN1CCC2(CC1)CC(=O)N(Cc1cc(F)ccc1C(F)(F)F)C2. The van der Waals surface area contributed by atoms with E-state index in [4.69, 9.17) is 0 Å². The highest BCUT2D eigenvalue weighted by molar-refractivity contribution is 5.79. The minimum absolute atomic E-state index is 0.142. The number of likely N-dealkylation sites (tertiary alicyclic amines) is 2. The van der Waals surface area contributed by atoms with Crippen molar-refractivity contribution in [1.29, 1.82) is 0 Å². The molecule has 0 unspecified atom stereocenters. The minimum atomic E-state index is -4.56. The number of amides is 1.